The van der Waals surface area contributed by atoms with E-state index in [0.29, 0.717) is 25.0 Å². The van der Waals surface area contributed by atoms with E-state index in [-0.39, 0.29) is 17.9 Å². The Morgan fingerprint density at radius 1 is 1.35 bits per heavy atom. The molecular weight excluding hydrogens is 256 g/mol. The molecule has 2 aliphatic carbocycles. The Morgan fingerprint density at radius 3 is 2.90 bits per heavy atom. The fourth-order valence-electron chi connectivity index (χ4n) is 3.19. The second kappa shape index (κ2) is 6.22. The zero-order valence-electron chi connectivity index (χ0n) is 12.0. The lowest BCUT2D eigenvalue weighted by Gasteiger charge is -2.35. The number of amides is 1. The van der Waals surface area contributed by atoms with Crippen molar-refractivity contribution in [1.29, 1.82) is 0 Å². The first kappa shape index (κ1) is 14.0. The standard InChI is InChI=1S/C15H24N2O3/c18-14-3-1-2-11(14)6-7-17-8-9-20-10-13(17)15(19)16-12-4-5-12/h11-13H,1-10H2,(H,16,19). The highest BCUT2D eigenvalue weighted by atomic mass is 16.5. The number of hydrogen-bond donors (Lipinski definition) is 1. The lowest BCUT2D eigenvalue weighted by Crippen LogP contribution is -2.54. The van der Waals surface area contributed by atoms with Gasteiger partial charge in [0, 0.05) is 24.9 Å². The summed E-state index contributed by atoms with van der Waals surface area (Å²) in [6.45, 7) is 2.80. The van der Waals surface area contributed by atoms with Crippen LogP contribution in [0.15, 0.2) is 0 Å². The van der Waals surface area contributed by atoms with E-state index in [1.165, 1.54) is 0 Å². The maximum atomic E-state index is 12.2. The normalized spacial score (nSPS) is 31.5. The Morgan fingerprint density at radius 2 is 2.20 bits per heavy atom. The minimum Gasteiger partial charge on any atom is -0.378 e. The van der Waals surface area contributed by atoms with Gasteiger partial charge in [0.2, 0.25) is 5.91 Å². The van der Waals surface area contributed by atoms with Gasteiger partial charge in [-0.25, -0.2) is 0 Å². The van der Waals surface area contributed by atoms with Crippen LogP contribution in [0.4, 0.5) is 0 Å². The Kier molecular flexibility index (Phi) is 4.36. The molecule has 2 atom stereocenters. The lowest BCUT2D eigenvalue weighted by molar-refractivity contribution is -0.132. The van der Waals surface area contributed by atoms with Crippen molar-refractivity contribution in [2.75, 3.05) is 26.3 Å². The van der Waals surface area contributed by atoms with Gasteiger partial charge in [-0.1, -0.05) is 0 Å². The van der Waals surface area contributed by atoms with Gasteiger partial charge in [-0.05, 0) is 38.6 Å². The molecule has 112 valence electrons. The van der Waals surface area contributed by atoms with Gasteiger partial charge >= 0.3 is 0 Å². The molecule has 2 unspecified atom stereocenters. The fourth-order valence-corrected chi connectivity index (χ4v) is 3.19. The van der Waals surface area contributed by atoms with Crippen LogP contribution < -0.4 is 5.32 Å². The molecule has 0 aromatic heterocycles. The number of Topliss-reactive ketones (excluding diaryl/α,β-unsaturated/α-hetero) is 1. The molecule has 5 nitrogen and oxygen atoms in total. The molecule has 1 saturated heterocycles. The van der Waals surface area contributed by atoms with Crippen LogP contribution >= 0.6 is 0 Å². The van der Waals surface area contributed by atoms with Crippen molar-refractivity contribution in [2.45, 2.75) is 50.6 Å². The number of nitrogens with zero attached hydrogens (tertiary/aromatic N) is 1. The van der Waals surface area contributed by atoms with Crippen molar-refractivity contribution >= 4 is 11.7 Å². The highest BCUT2D eigenvalue weighted by molar-refractivity contribution is 5.83. The SMILES string of the molecule is O=C1CCCC1CCN1CCOCC1C(=O)NC1CC1. The summed E-state index contributed by atoms with van der Waals surface area (Å²) < 4.78 is 5.46. The summed E-state index contributed by atoms with van der Waals surface area (Å²) in [6.07, 6.45) is 5.93. The zero-order chi connectivity index (χ0) is 13.9. The van der Waals surface area contributed by atoms with Crippen molar-refractivity contribution in [3.8, 4) is 0 Å². The molecule has 0 aromatic carbocycles. The van der Waals surface area contributed by atoms with Gasteiger partial charge in [-0.3, -0.25) is 14.5 Å². The summed E-state index contributed by atoms with van der Waals surface area (Å²) in [5.41, 5.74) is 0. The second-order valence-corrected chi connectivity index (χ2v) is 6.25. The molecule has 0 bridgehead atoms. The van der Waals surface area contributed by atoms with E-state index < -0.39 is 0 Å². The molecule has 1 aliphatic heterocycles. The molecule has 1 N–H and O–H groups in total. The molecule has 1 heterocycles. The second-order valence-electron chi connectivity index (χ2n) is 6.25. The number of hydrogen-bond acceptors (Lipinski definition) is 4. The van der Waals surface area contributed by atoms with Crippen LogP contribution in [0.1, 0.15) is 38.5 Å². The molecule has 0 aromatic rings. The third kappa shape index (κ3) is 3.38. The van der Waals surface area contributed by atoms with E-state index in [1.54, 1.807) is 0 Å². The number of carbonyl (C=O) groups excluding carboxylic acids is 2. The van der Waals surface area contributed by atoms with Crippen molar-refractivity contribution in [3.63, 3.8) is 0 Å². The molecule has 0 spiro atoms. The van der Waals surface area contributed by atoms with Gasteiger partial charge in [0.05, 0.1) is 13.2 Å². The predicted molar refractivity (Wildman–Crippen MR) is 74.3 cm³/mol. The molecule has 3 fully saturated rings. The minimum atomic E-state index is -0.166. The van der Waals surface area contributed by atoms with Gasteiger partial charge in [0.15, 0.2) is 0 Å². The fraction of sp³-hybridized carbons (Fsp3) is 0.867. The van der Waals surface area contributed by atoms with Gasteiger partial charge in [0.1, 0.15) is 11.8 Å². The highest BCUT2D eigenvalue weighted by Gasteiger charge is 2.34. The predicted octanol–water partition coefficient (Wildman–Crippen LogP) is 0.725. The van der Waals surface area contributed by atoms with E-state index >= 15 is 0 Å². The average molecular weight is 280 g/mol. The van der Waals surface area contributed by atoms with E-state index in [1.807, 2.05) is 0 Å². The summed E-state index contributed by atoms with van der Waals surface area (Å²) >= 11 is 0. The molecule has 3 aliphatic rings. The van der Waals surface area contributed by atoms with Crippen molar-refractivity contribution in [2.24, 2.45) is 5.92 Å². The summed E-state index contributed by atoms with van der Waals surface area (Å²) in [5, 5.41) is 3.06. The molecule has 1 amide bonds. The Balaban J connectivity index is 1.51. The summed E-state index contributed by atoms with van der Waals surface area (Å²) in [5.74, 6) is 0.743. The number of nitrogens with one attached hydrogen (secondary N) is 1. The van der Waals surface area contributed by atoms with Crippen molar-refractivity contribution in [1.82, 2.24) is 10.2 Å². The minimum absolute atomic E-state index is 0.102. The number of ether oxygens (including phenoxy) is 1. The first-order valence-corrected chi connectivity index (χ1v) is 7.89. The van der Waals surface area contributed by atoms with Crippen LogP contribution in [-0.2, 0) is 14.3 Å². The summed E-state index contributed by atoms with van der Waals surface area (Å²) in [7, 11) is 0. The van der Waals surface area contributed by atoms with Gasteiger partial charge < -0.3 is 10.1 Å². The number of rotatable bonds is 5. The Bertz CT molecular complexity index is 381. The Labute approximate surface area is 120 Å². The van der Waals surface area contributed by atoms with Crippen LogP contribution in [0, 0.1) is 5.92 Å². The van der Waals surface area contributed by atoms with E-state index in [4.69, 9.17) is 4.74 Å². The monoisotopic (exact) mass is 280 g/mol. The summed E-state index contributed by atoms with van der Waals surface area (Å²) in [6, 6.07) is 0.226. The molecule has 0 radical (unpaired) electrons. The number of ketones is 1. The van der Waals surface area contributed by atoms with Crippen LogP contribution in [0.25, 0.3) is 0 Å². The van der Waals surface area contributed by atoms with E-state index in [0.717, 1.165) is 51.6 Å². The van der Waals surface area contributed by atoms with Gasteiger partial charge in [-0.2, -0.15) is 0 Å². The largest absolute Gasteiger partial charge is 0.378 e. The third-order valence-electron chi connectivity index (χ3n) is 4.66. The molecule has 5 heteroatoms. The van der Waals surface area contributed by atoms with Crippen LogP contribution in [-0.4, -0.2) is 55.0 Å². The van der Waals surface area contributed by atoms with Crippen LogP contribution in [0.3, 0.4) is 0 Å². The quantitative estimate of drug-likeness (QED) is 0.806. The number of morpholine rings is 1. The molecule has 2 saturated carbocycles. The third-order valence-corrected chi connectivity index (χ3v) is 4.66. The Hall–Kier alpha value is -0.940. The van der Waals surface area contributed by atoms with Crippen molar-refractivity contribution in [3.05, 3.63) is 0 Å². The van der Waals surface area contributed by atoms with Gasteiger partial charge in [0.25, 0.3) is 0 Å². The van der Waals surface area contributed by atoms with E-state index in [9.17, 15) is 9.59 Å². The lowest BCUT2D eigenvalue weighted by atomic mass is 10.0. The van der Waals surface area contributed by atoms with Gasteiger partial charge in [-0.15, -0.1) is 0 Å². The number of carbonyl (C=O) groups is 2. The zero-order valence-corrected chi connectivity index (χ0v) is 12.0. The van der Waals surface area contributed by atoms with Crippen LogP contribution in [0.2, 0.25) is 0 Å². The first-order valence-electron chi connectivity index (χ1n) is 7.89. The molecule has 20 heavy (non-hydrogen) atoms. The highest BCUT2D eigenvalue weighted by Crippen LogP contribution is 2.25. The average Bonchev–Trinajstić information content (AvgIpc) is 3.17. The van der Waals surface area contributed by atoms with Crippen LogP contribution in [0.5, 0.6) is 0 Å². The molecular formula is C15H24N2O3. The smallest absolute Gasteiger partial charge is 0.239 e. The first-order chi connectivity index (χ1) is 9.74. The van der Waals surface area contributed by atoms with E-state index in [2.05, 4.69) is 10.2 Å². The van der Waals surface area contributed by atoms with Crippen molar-refractivity contribution < 1.29 is 14.3 Å². The summed E-state index contributed by atoms with van der Waals surface area (Å²) in [4.78, 5) is 26.1. The topological polar surface area (TPSA) is 58.6 Å². The maximum absolute atomic E-state index is 12.2. The molecule has 3 rings (SSSR count). The maximum Gasteiger partial charge on any atom is 0.239 e.